The highest BCUT2D eigenvalue weighted by molar-refractivity contribution is 6.36. The number of aliphatic hydroxyl groups is 1. The highest BCUT2D eigenvalue weighted by atomic mass is 35.5. The molecular weight excluding hydrogens is 249 g/mol. The van der Waals surface area contributed by atoms with E-state index in [0.29, 0.717) is 15.7 Å². The Morgan fingerprint density at radius 3 is 2.62 bits per heavy atom. The zero-order valence-corrected chi connectivity index (χ0v) is 10.2. The molecular formula is C11H11Cl2NO2. The van der Waals surface area contributed by atoms with Crippen molar-refractivity contribution in [3.63, 3.8) is 0 Å². The molecule has 5 heteroatoms. The van der Waals surface area contributed by atoms with Crippen molar-refractivity contribution in [1.29, 1.82) is 0 Å². The second-order valence-corrected chi connectivity index (χ2v) is 4.73. The molecule has 1 amide bonds. The van der Waals surface area contributed by atoms with Crippen molar-refractivity contribution in [3.8, 4) is 0 Å². The van der Waals surface area contributed by atoms with Crippen molar-refractivity contribution in [2.45, 2.75) is 19.4 Å². The molecule has 1 saturated heterocycles. The lowest BCUT2D eigenvalue weighted by molar-refractivity contribution is -0.117. The van der Waals surface area contributed by atoms with Crippen molar-refractivity contribution in [3.05, 3.63) is 27.7 Å². The molecule has 3 nitrogen and oxygen atoms in total. The summed E-state index contributed by atoms with van der Waals surface area (Å²) in [5, 5.41) is 10.4. The smallest absolute Gasteiger partial charge is 0.229 e. The molecule has 1 atom stereocenters. The van der Waals surface area contributed by atoms with E-state index < -0.39 is 6.10 Å². The first-order valence-electron chi connectivity index (χ1n) is 4.93. The van der Waals surface area contributed by atoms with Gasteiger partial charge >= 0.3 is 0 Å². The van der Waals surface area contributed by atoms with E-state index >= 15 is 0 Å². The number of amides is 1. The Hall–Kier alpha value is -0.770. The zero-order chi connectivity index (χ0) is 11.9. The van der Waals surface area contributed by atoms with Gasteiger partial charge in [-0.1, -0.05) is 23.2 Å². The molecule has 1 N–H and O–H groups in total. The number of carbonyl (C=O) groups is 1. The second kappa shape index (κ2) is 4.24. The van der Waals surface area contributed by atoms with Gasteiger partial charge in [0.1, 0.15) is 0 Å². The molecule has 0 saturated carbocycles. The maximum absolute atomic E-state index is 11.6. The van der Waals surface area contributed by atoms with Crippen molar-refractivity contribution in [2.75, 3.05) is 11.4 Å². The number of β-amino-alcohol motifs (C(OH)–C–C–N with tert-alkyl or cyclic N) is 1. The first-order chi connectivity index (χ1) is 7.49. The molecule has 0 radical (unpaired) electrons. The predicted octanol–water partition coefficient (Wildman–Crippen LogP) is 2.40. The second-order valence-electron chi connectivity index (χ2n) is 3.92. The molecule has 1 unspecified atom stereocenters. The number of hydrogen-bond acceptors (Lipinski definition) is 2. The molecule has 16 heavy (non-hydrogen) atoms. The number of aryl methyl sites for hydroxylation is 1. The first-order valence-corrected chi connectivity index (χ1v) is 5.68. The Kier molecular flexibility index (Phi) is 3.10. The Bertz CT molecular complexity index is 448. The van der Waals surface area contributed by atoms with E-state index in [1.165, 1.54) is 4.90 Å². The first kappa shape index (κ1) is 11.7. The van der Waals surface area contributed by atoms with Gasteiger partial charge in [-0.05, 0) is 24.6 Å². The Morgan fingerprint density at radius 2 is 2.06 bits per heavy atom. The van der Waals surface area contributed by atoms with Crippen LogP contribution in [0.25, 0.3) is 0 Å². The monoisotopic (exact) mass is 259 g/mol. The van der Waals surface area contributed by atoms with Crippen LogP contribution in [0, 0.1) is 6.92 Å². The zero-order valence-electron chi connectivity index (χ0n) is 8.70. The highest BCUT2D eigenvalue weighted by Crippen LogP contribution is 2.33. The van der Waals surface area contributed by atoms with Crippen molar-refractivity contribution in [1.82, 2.24) is 0 Å². The van der Waals surface area contributed by atoms with E-state index in [4.69, 9.17) is 23.2 Å². The Morgan fingerprint density at radius 1 is 1.38 bits per heavy atom. The van der Waals surface area contributed by atoms with Crippen LogP contribution >= 0.6 is 23.2 Å². The van der Waals surface area contributed by atoms with Gasteiger partial charge in [0.05, 0.1) is 29.8 Å². The average Bonchev–Trinajstić information content (AvgIpc) is 2.51. The molecule has 1 aliphatic heterocycles. The van der Waals surface area contributed by atoms with Crippen molar-refractivity contribution >= 4 is 34.8 Å². The predicted molar refractivity (Wildman–Crippen MR) is 64.2 cm³/mol. The molecule has 1 aliphatic rings. The van der Waals surface area contributed by atoms with Crippen LogP contribution in [0.4, 0.5) is 5.69 Å². The average molecular weight is 260 g/mol. The summed E-state index contributed by atoms with van der Waals surface area (Å²) >= 11 is 12.0. The number of aliphatic hydroxyl groups excluding tert-OH is 1. The van der Waals surface area contributed by atoms with E-state index in [9.17, 15) is 9.90 Å². The molecule has 1 aromatic carbocycles. The summed E-state index contributed by atoms with van der Waals surface area (Å²) in [7, 11) is 0. The number of carbonyl (C=O) groups excluding carboxylic acids is 1. The summed E-state index contributed by atoms with van der Waals surface area (Å²) in [6, 6.07) is 3.38. The van der Waals surface area contributed by atoms with E-state index in [2.05, 4.69) is 0 Å². The summed E-state index contributed by atoms with van der Waals surface area (Å²) in [4.78, 5) is 13.1. The van der Waals surface area contributed by atoms with Gasteiger partial charge in [-0.15, -0.1) is 0 Å². The minimum absolute atomic E-state index is 0.130. The number of rotatable bonds is 1. The summed E-state index contributed by atoms with van der Waals surface area (Å²) in [5.74, 6) is -0.130. The number of hydrogen-bond donors (Lipinski definition) is 1. The molecule has 1 fully saturated rings. The minimum Gasteiger partial charge on any atom is -0.391 e. The molecule has 0 bridgehead atoms. The fourth-order valence-electron chi connectivity index (χ4n) is 1.76. The van der Waals surface area contributed by atoms with Gasteiger partial charge in [0.15, 0.2) is 0 Å². The standard InChI is InChI=1S/C11H11Cl2NO2/c1-6-2-9(13)10(4-8(6)12)14-5-7(15)3-11(14)16/h2,4,7,15H,3,5H2,1H3. The topological polar surface area (TPSA) is 40.5 Å². The largest absolute Gasteiger partial charge is 0.391 e. The van der Waals surface area contributed by atoms with Crippen molar-refractivity contribution < 1.29 is 9.90 Å². The van der Waals surface area contributed by atoms with Crippen LogP contribution in [-0.2, 0) is 4.79 Å². The van der Waals surface area contributed by atoms with Crippen LogP contribution in [0.15, 0.2) is 12.1 Å². The third-order valence-corrected chi connectivity index (χ3v) is 3.33. The van der Waals surface area contributed by atoms with Crippen LogP contribution in [0.5, 0.6) is 0 Å². The molecule has 1 heterocycles. The van der Waals surface area contributed by atoms with Gasteiger partial charge in [0, 0.05) is 5.02 Å². The lowest BCUT2D eigenvalue weighted by Gasteiger charge is -2.18. The quantitative estimate of drug-likeness (QED) is 0.842. The fraction of sp³-hybridized carbons (Fsp3) is 0.364. The number of benzene rings is 1. The fourth-order valence-corrected chi connectivity index (χ4v) is 2.24. The van der Waals surface area contributed by atoms with Crippen LogP contribution in [0.3, 0.4) is 0 Å². The van der Waals surface area contributed by atoms with Gasteiger partial charge in [-0.2, -0.15) is 0 Å². The molecule has 0 spiro atoms. The Balaban J connectivity index is 2.41. The summed E-state index contributed by atoms with van der Waals surface area (Å²) in [6.45, 7) is 2.12. The molecule has 1 aromatic rings. The highest BCUT2D eigenvalue weighted by Gasteiger charge is 2.30. The molecule has 0 aromatic heterocycles. The third kappa shape index (κ3) is 2.03. The lowest BCUT2D eigenvalue weighted by atomic mass is 10.2. The molecule has 2 rings (SSSR count). The number of nitrogens with zero attached hydrogens (tertiary/aromatic N) is 1. The SMILES string of the molecule is Cc1cc(Cl)c(N2CC(O)CC2=O)cc1Cl. The van der Waals surface area contributed by atoms with Gasteiger partial charge in [-0.3, -0.25) is 4.79 Å². The lowest BCUT2D eigenvalue weighted by Crippen LogP contribution is -2.25. The van der Waals surface area contributed by atoms with Crippen LogP contribution in [0.1, 0.15) is 12.0 Å². The van der Waals surface area contributed by atoms with Gasteiger partial charge in [0.2, 0.25) is 5.91 Å². The minimum atomic E-state index is -0.622. The van der Waals surface area contributed by atoms with E-state index in [1.54, 1.807) is 12.1 Å². The normalized spacial score (nSPS) is 20.6. The summed E-state index contributed by atoms with van der Waals surface area (Å²) in [6.07, 6.45) is -0.481. The number of halogens is 2. The summed E-state index contributed by atoms with van der Waals surface area (Å²) in [5.41, 5.74) is 1.43. The van der Waals surface area contributed by atoms with E-state index in [0.717, 1.165) is 5.56 Å². The van der Waals surface area contributed by atoms with Crippen LogP contribution in [0.2, 0.25) is 10.0 Å². The number of anilines is 1. The maximum atomic E-state index is 11.6. The van der Waals surface area contributed by atoms with E-state index in [1.807, 2.05) is 6.92 Å². The molecule has 0 aliphatic carbocycles. The van der Waals surface area contributed by atoms with Gasteiger partial charge < -0.3 is 10.0 Å². The molecule has 86 valence electrons. The van der Waals surface area contributed by atoms with Gasteiger partial charge in [-0.25, -0.2) is 0 Å². The van der Waals surface area contributed by atoms with Crippen molar-refractivity contribution in [2.24, 2.45) is 0 Å². The van der Waals surface area contributed by atoms with Crippen LogP contribution in [-0.4, -0.2) is 23.7 Å². The van der Waals surface area contributed by atoms with Gasteiger partial charge in [0.25, 0.3) is 0 Å². The maximum Gasteiger partial charge on any atom is 0.229 e. The van der Waals surface area contributed by atoms with E-state index in [-0.39, 0.29) is 18.9 Å². The summed E-state index contributed by atoms with van der Waals surface area (Å²) < 4.78 is 0. The Labute approximate surface area is 104 Å². The van der Waals surface area contributed by atoms with Crippen LogP contribution < -0.4 is 4.90 Å². The third-order valence-electron chi connectivity index (χ3n) is 2.62.